The van der Waals surface area contributed by atoms with E-state index < -0.39 is 17.9 Å². The van der Waals surface area contributed by atoms with Crippen LogP contribution in [0.5, 0.6) is 0 Å². The molecule has 0 aliphatic rings. The van der Waals surface area contributed by atoms with Crippen LogP contribution in [0.25, 0.3) is 0 Å². The molecule has 19 heavy (non-hydrogen) atoms. The smallest absolute Gasteiger partial charge is 0.326 e. The van der Waals surface area contributed by atoms with Crippen molar-refractivity contribution in [1.29, 1.82) is 0 Å². The van der Waals surface area contributed by atoms with Gasteiger partial charge < -0.3 is 24.9 Å². The van der Waals surface area contributed by atoms with E-state index in [4.69, 9.17) is 14.6 Å². The van der Waals surface area contributed by atoms with Crippen molar-refractivity contribution in [3.63, 3.8) is 0 Å². The Morgan fingerprint density at radius 2 is 2.32 bits per heavy atom. The molecule has 106 valence electrons. The molecule has 8 nitrogen and oxygen atoms in total. The second-order valence-corrected chi connectivity index (χ2v) is 3.77. The van der Waals surface area contributed by atoms with Gasteiger partial charge >= 0.3 is 5.97 Å². The minimum atomic E-state index is -1.12. The lowest BCUT2D eigenvalue weighted by Crippen LogP contribution is -2.44. The normalized spacial score (nSPS) is 12.1. The van der Waals surface area contributed by atoms with Gasteiger partial charge in [-0.3, -0.25) is 4.79 Å². The molecule has 1 aromatic rings. The number of carbonyl (C=O) groups is 2. The van der Waals surface area contributed by atoms with Crippen LogP contribution < -0.4 is 5.32 Å². The Balaban J connectivity index is 2.36. The van der Waals surface area contributed by atoms with E-state index in [1.807, 2.05) is 0 Å². The first-order valence-electron chi connectivity index (χ1n) is 5.70. The Morgan fingerprint density at radius 3 is 2.89 bits per heavy atom. The summed E-state index contributed by atoms with van der Waals surface area (Å²) in [6, 6.07) is -1.03. The van der Waals surface area contributed by atoms with Crippen molar-refractivity contribution in [2.45, 2.75) is 12.5 Å². The van der Waals surface area contributed by atoms with Crippen molar-refractivity contribution < 1.29 is 24.2 Å². The first-order chi connectivity index (χ1) is 9.13. The maximum Gasteiger partial charge on any atom is 0.326 e. The molecule has 0 aliphatic carbocycles. The Morgan fingerprint density at radius 1 is 1.53 bits per heavy atom. The van der Waals surface area contributed by atoms with E-state index in [9.17, 15) is 9.59 Å². The molecule has 0 unspecified atom stereocenters. The average molecular weight is 271 g/mol. The van der Waals surface area contributed by atoms with Crippen LogP contribution in [0.3, 0.4) is 0 Å². The summed E-state index contributed by atoms with van der Waals surface area (Å²) in [7, 11) is 1.52. The van der Waals surface area contributed by atoms with Crippen LogP contribution in [0.2, 0.25) is 0 Å². The fourth-order valence-corrected chi connectivity index (χ4v) is 1.35. The van der Waals surface area contributed by atoms with Crippen LogP contribution in [0, 0.1) is 0 Å². The second kappa shape index (κ2) is 8.22. The summed E-state index contributed by atoms with van der Waals surface area (Å²) in [6.45, 7) is 0.456. The predicted molar refractivity (Wildman–Crippen MR) is 64.6 cm³/mol. The van der Waals surface area contributed by atoms with Gasteiger partial charge in [-0.15, -0.1) is 0 Å². The number of H-pyrrole nitrogens is 1. The van der Waals surface area contributed by atoms with Gasteiger partial charge in [0.2, 0.25) is 5.91 Å². The summed E-state index contributed by atoms with van der Waals surface area (Å²) < 4.78 is 9.75. The lowest BCUT2D eigenvalue weighted by atomic mass is 10.1. The number of hydrogen-bond donors (Lipinski definition) is 3. The quantitative estimate of drug-likeness (QED) is 0.506. The Hall–Kier alpha value is -1.93. The van der Waals surface area contributed by atoms with Crippen LogP contribution in [-0.4, -0.2) is 59.9 Å². The fourth-order valence-electron chi connectivity index (χ4n) is 1.35. The summed E-state index contributed by atoms with van der Waals surface area (Å²) in [4.78, 5) is 29.1. The lowest BCUT2D eigenvalue weighted by molar-refractivity contribution is -0.142. The van der Waals surface area contributed by atoms with Gasteiger partial charge in [0.1, 0.15) is 12.6 Å². The highest BCUT2D eigenvalue weighted by atomic mass is 16.5. The number of ether oxygens (including phenoxy) is 2. The Kier molecular flexibility index (Phi) is 6.55. The van der Waals surface area contributed by atoms with Crippen molar-refractivity contribution in [2.75, 3.05) is 26.9 Å². The molecule has 3 N–H and O–H groups in total. The van der Waals surface area contributed by atoms with Crippen LogP contribution in [0.4, 0.5) is 0 Å². The predicted octanol–water partition coefficient (Wildman–Crippen LogP) is -0.815. The number of hydrogen-bond acceptors (Lipinski definition) is 5. The van der Waals surface area contributed by atoms with Gasteiger partial charge in [-0.05, 0) is 0 Å². The molecular weight excluding hydrogens is 254 g/mol. The molecule has 8 heteroatoms. The molecule has 0 saturated heterocycles. The van der Waals surface area contributed by atoms with Crippen molar-refractivity contribution in [2.24, 2.45) is 0 Å². The van der Waals surface area contributed by atoms with Crippen molar-refractivity contribution in [3.05, 3.63) is 18.2 Å². The van der Waals surface area contributed by atoms with Gasteiger partial charge in [0.25, 0.3) is 0 Å². The zero-order valence-electron chi connectivity index (χ0n) is 10.6. The molecule has 0 saturated carbocycles. The van der Waals surface area contributed by atoms with Gasteiger partial charge in [-0.2, -0.15) is 0 Å². The minimum Gasteiger partial charge on any atom is -0.480 e. The SMILES string of the molecule is COCCOCC(=O)N[C@@H](Cc1c[nH]cn1)C(=O)O. The highest BCUT2D eigenvalue weighted by Gasteiger charge is 2.21. The number of carboxylic acids is 1. The molecule has 0 aromatic carbocycles. The maximum atomic E-state index is 11.5. The highest BCUT2D eigenvalue weighted by Crippen LogP contribution is 1.98. The molecule has 1 rings (SSSR count). The summed E-state index contributed by atoms with van der Waals surface area (Å²) in [5.74, 6) is -1.60. The summed E-state index contributed by atoms with van der Waals surface area (Å²) in [5, 5.41) is 11.4. The van der Waals surface area contributed by atoms with E-state index in [0.29, 0.717) is 12.3 Å². The van der Waals surface area contributed by atoms with Gasteiger partial charge in [-0.1, -0.05) is 0 Å². The van der Waals surface area contributed by atoms with Crippen molar-refractivity contribution in [1.82, 2.24) is 15.3 Å². The van der Waals surface area contributed by atoms with Crippen LogP contribution in [-0.2, 0) is 25.5 Å². The molecule has 0 aliphatic heterocycles. The third-order valence-corrected chi connectivity index (χ3v) is 2.27. The number of nitrogens with zero attached hydrogens (tertiary/aromatic N) is 1. The minimum absolute atomic E-state index is 0.114. The number of carboxylic acid groups (broad SMARTS) is 1. The summed E-state index contributed by atoms with van der Waals surface area (Å²) in [5.41, 5.74) is 0.563. The molecule has 0 fully saturated rings. The van der Waals surface area contributed by atoms with Gasteiger partial charge in [0, 0.05) is 19.7 Å². The molecular formula is C11H17N3O5. The molecule has 1 amide bonds. The number of aliphatic carboxylic acids is 1. The van der Waals surface area contributed by atoms with Crippen LogP contribution >= 0.6 is 0 Å². The lowest BCUT2D eigenvalue weighted by Gasteiger charge is -2.13. The third kappa shape index (κ3) is 5.98. The van der Waals surface area contributed by atoms with E-state index >= 15 is 0 Å². The summed E-state index contributed by atoms with van der Waals surface area (Å²) >= 11 is 0. The van der Waals surface area contributed by atoms with E-state index in [1.54, 1.807) is 6.20 Å². The van der Waals surface area contributed by atoms with Gasteiger partial charge in [0.15, 0.2) is 0 Å². The Labute approximate surface area is 110 Å². The second-order valence-electron chi connectivity index (χ2n) is 3.77. The average Bonchev–Trinajstić information content (AvgIpc) is 2.86. The monoisotopic (exact) mass is 271 g/mol. The maximum absolute atomic E-state index is 11.5. The van der Waals surface area contributed by atoms with Crippen LogP contribution in [0.1, 0.15) is 5.69 Å². The molecule has 0 spiro atoms. The zero-order chi connectivity index (χ0) is 14.1. The largest absolute Gasteiger partial charge is 0.480 e. The van der Waals surface area contributed by atoms with E-state index in [2.05, 4.69) is 15.3 Å². The van der Waals surface area contributed by atoms with E-state index in [-0.39, 0.29) is 19.6 Å². The number of imidazole rings is 1. The van der Waals surface area contributed by atoms with E-state index in [1.165, 1.54) is 13.4 Å². The highest BCUT2D eigenvalue weighted by molar-refractivity contribution is 5.84. The van der Waals surface area contributed by atoms with Gasteiger partial charge in [0.05, 0.1) is 25.2 Å². The first-order valence-corrected chi connectivity index (χ1v) is 5.70. The molecule has 1 aromatic heterocycles. The molecule has 0 radical (unpaired) electrons. The topological polar surface area (TPSA) is 114 Å². The third-order valence-electron chi connectivity index (χ3n) is 2.27. The number of nitrogens with one attached hydrogen (secondary N) is 2. The van der Waals surface area contributed by atoms with E-state index in [0.717, 1.165) is 0 Å². The van der Waals surface area contributed by atoms with Gasteiger partial charge in [-0.25, -0.2) is 9.78 Å². The van der Waals surface area contributed by atoms with Crippen molar-refractivity contribution in [3.8, 4) is 0 Å². The molecule has 1 atom stereocenters. The fraction of sp³-hybridized carbons (Fsp3) is 0.545. The summed E-state index contributed by atoms with van der Waals surface area (Å²) in [6.07, 6.45) is 3.14. The first kappa shape index (κ1) is 15.1. The number of carbonyl (C=O) groups excluding carboxylic acids is 1. The number of methoxy groups -OCH3 is 1. The molecule has 1 heterocycles. The van der Waals surface area contributed by atoms with Crippen molar-refractivity contribution >= 4 is 11.9 Å². The number of aromatic amines is 1. The number of aromatic nitrogens is 2. The number of rotatable bonds is 9. The standard InChI is InChI=1S/C11H17N3O5/c1-18-2-3-19-6-10(15)14-9(11(16)17)4-8-5-12-7-13-8/h5,7,9H,2-4,6H2,1H3,(H,12,13)(H,14,15)(H,16,17)/t9-/m0/s1. The molecule has 0 bridgehead atoms. The number of amides is 1. The Bertz CT molecular complexity index is 393. The van der Waals surface area contributed by atoms with Crippen LogP contribution in [0.15, 0.2) is 12.5 Å². The zero-order valence-corrected chi connectivity index (χ0v) is 10.6.